The van der Waals surface area contributed by atoms with Gasteiger partial charge in [-0.15, -0.1) is 0 Å². The molecule has 0 radical (unpaired) electrons. The fraction of sp³-hybridized carbons (Fsp3) is 0.909. The van der Waals surface area contributed by atoms with E-state index in [0.29, 0.717) is 6.04 Å². The molecule has 1 saturated heterocycles. The van der Waals surface area contributed by atoms with E-state index < -0.39 is 0 Å². The van der Waals surface area contributed by atoms with Crippen molar-refractivity contribution < 1.29 is 0 Å². The van der Waals surface area contributed by atoms with Crippen molar-refractivity contribution in [3.63, 3.8) is 0 Å². The van der Waals surface area contributed by atoms with Crippen LogP contribution in [-0.4, -0.2) is 61.3 Å². The van der Waals surface area contributed by atoms with Crippen LogP contribution in [-0.2, 0) is 0 Å². The zero-order valence-electron chi connectivity index (χ0n) is 9.95. The molecule has 0 aliphatic carbocycles. The summed E-state index contributed by atoms with van der Waals surface area (Å²) in [5, 5.41) is 0. The third kappa shape index (κ3) is 4.20. The maximum atomic E-state index is 4.55. The van der Waals surface area contributed by atoms with Gasteiger partial charge in [0, 0.05) is 38.4 Å². The fourth-order valence-corrected chi connectivity index (χ4v) is 1.89. The molecule has 1 atom stereocenters. The number of piperazine rings is 1. The Morgan fingerprint density at radius 3 is 2.29 bits per heavy atom. The van der Waals surface area contributed by atoms with Gasteiger partial charge in [-0.05, 0) is 27.8 Å². The highest BCUT2D eigenvalue weighted by Crippen LogP contribution is 2.02. The number of likely N-dealkylation sites (N-methyl/N-ethyl adjacent to an activating group) is 1. The Morgan fingerprint density at radius 1 is 1.21 bits per heavy atom. The molecule has 1 heterocycles. The number of nitrogens with zero attached hydrogens (tertiary/aromatic N) is 3. The van der Waals surface area contributed by atoms with Crippen LogP contribution in [0.15, 0.2) is 4.99 Å². The minimum absolute atomic E-state index is 0.448. The average Bonchev–Trinajstić information content (AvgIpc) is 2.07. The lowest BCUT2D eigenvalue weighted by Gasteiger charge is -2.33. The lowest BCUT2D eigenvalue weighted by atomic mass is 10.2. The van der Waals surface area contributed by atoms with Gasteiger partial charge < -0.3 is 4.90 Å². The highest BCUT2D eigenvalue weighted by atomic mass is 15.2. The maximum absolute atomic E-state index is 4.55. The zero-order chi connectivity index (χ0) is 10.6. The highest BCUT2D eigenvalue weighted by molar-refractivity contribution is 5.79. The van der Waals surface area contributed by atoms with E-state index in [2.05, 4.69) is 42.6 Å². The predicted octanol–water partition coefficient (Wildman–Crippen LogP) is 1.10. The smallest absolute Gasteiger partial charge is 0.0597 e. The fourth-order valence-electron chi connectivity index (χ4n) is 1.89. The van der Waals surface area contributed by atoms with Crippen molar-refractivity contribution in [2.75, 3.05) is 39.8 Å². The molecule has 1 aliphatic heterocycles. The Balaban J connectivity index is 2.27. The van der Waals surface area contributed by atoms with Gasteiger partial charge in [0.05, 0.1) is 6.04 Å². The molecule has 1 aliphatic rings. The van der Waals surface area contributed by atoms with E-state index >= 15 is 0 Å². The summed E-state index contributed by atoms with van der Waals surface area (Å²) < 4.78 is 0. The third-order valence-electron chi connectivity index (χ3n) is 2.60. The molecule has 0 aromatic rings. The van der Waals surface area contributed by atoms with Crippen LogP contribution in [0.25, 0.3) is 0 Å². The van der Waals surface area contributed by atoms with Crippen molar-refractivity contribution in [1.29, 1.82) is 0 Å². The summed E-state index contributed by atoms with van der Waals surface area (Å²) in [6.45, 7) is 12.2. The topological polar surface area (TPSA) is 18.8 Å². The lowest BCUT2D eigenvalue weighted by molar-refractivity contribution is 0.149. The summed E-state index contributed by atoms with van der Waals surface area (Å²) in [7, 11) is 2.19. The van der Waals surface area contributed by atoms with Crippen LogP contribution >= 0.6 is 0 Å². The van der Waals surface area contributed by atoms with Crippen LogP contribution in [0, 0.1) is 0 Å². The second-order valence-electron chi connectivity index (χ2n) is 4.53. The van der Waals surface area contributed by atoms with Crippen molar-refractivity contribution in [2.24, 2.45) is 4.99 Å². The van der Waals surface area contributed by atoms with Gasteiger partial charge in [-0.3, -0.25) is 9.89 Å². The Kier molecular flexibility index (Phi) is 4.55. The first-order valence-electron chi connectivity index (χ1n) is 5.50. The van der Waals surface area contributed by atoms with Crippen LogP contribution in [0.5, 0.6) is 0 Å². The molecular formula is C11H23N3. The normalized spacial score (nSPS) is 22.0. The quantitative estimate of drug-likeness (QED) is 0.631. The highest BCUT2D eigenvalue weighted by Gasteiger charge is 2.15. The van der Waals surface area contributed by atoms with Crippen molar-refractivity contribution in [3.05, 3.63) is 0 Å². The van der Waals surface area contributed by atoms with Crippen molar-refractivity contribution in [1.82, 2.24) is 9.80 Å². The Hall–Kier alpha value is -0.410. The summed E-state index contributed by atoms with van der Waals surface area (Å²) in [5.74, 6) is 0. The van der Waals surface area contributed by atoms with Gasteiger partial charge in [0.15, 0.2) is 0 Å². The van der Waals surface area contributed by atoms with Crippen LogP contribution < -0.4 is 0 Å². The third-order valence-corrected chi connectivity index (χ3v) is 2.60. The summed E-state index contributed by atoms with van der Waals surface area (Å²) >= 11 is 0. The molecule has 82 valence electrons. The van der Waals surface area contributed by atoms with Crippen molar-refractivity contribution >= 4 is 5.71 Å². The largest absolute Gasteiger partial charge is 0.304 e. The van der Waals surface area contributed by atoms with E-state index in [1.54, 1.807) is 0 Å². The zero-order valence-corrected chi connectivity index (χ0v) is 9.95. The van der Waals surface area contributed by atoms with Gasteiger partial charge in [-0.2, -0.15) is 0 Å². The molecule has 0 saturated carbocycles. The molecule has 0 N–H and O–H groups in total. The Morgan fingerprint density at radius 2 is 1.79 bits per heavy atom. The second-order valence-corrected chi connectivity index (χ2v) is 4.53. The maximum Gasteiger partial charge on any atom is 0.0597 e. The number of rotatable bonds is 3. The molecule has 0 amide bonds. The van der Waals surface area contributed by atoms with Gasteiger partial charge in [0.1, 0.15) is 0 Å². The monoisotopic (exact) mass is 197 g/mol. The van der Waals surface area contributed by atoms with E-state index in [1.165, 1.54) is 31.9 Å². The average molecular weight is 197 g/mol. The molecule has 1 rings (SSSR count). The predicted molar refractivity (Wildman–Crippen MR) is 62.2 cm³/mol. The second kappa shape index (κ2) is 5.47. The van der Waals surface area contributed by atoms with E-state index in [4.69, 9.17) is 0 Å². The van der Waals surface area contributed by atoms with Crippen LogP contribution in [0.3, 0.4) is 0 Å². The number of hydrogen-bond donors (Lipinski definition) is 0. The molecule has 0 aromatic heterocycles. The molecule has 0 bridgehead atoms. The van der Waals surface area contributed by atoms with Crippen molar-refractivity contribution in [3.8, 4) is 0 Å². The summed E-state index contributed by atoms with van der Waals surface area (Å²) in [5.41, 5.74) is 1.19. The summed E-state index contributed by atoms with van der Waals surface area (Å²) in [6, 6.07) is 0.448. The molecule has 14 heavy (non-hydrogen) atoms. The lowest BCUT2D eigenvalue weighted by Crippen LogP contribution is -2.46. The standard InChI is InChI=1S/C11H23N3/c1-10(2)12-11(3)9-14-7-5-13(4)6-8-14/h11H,5-9H2,1-4H3. The number of aliphatic imine (C=N–C) groups is 1. The summed E-state index contributed by atoms with van der Waals surface area (Å²) in [6.07, 6.45) is 0. The van der Waals surface area contributed by atoms with Crippen molar-refractivity contribution in [2.45, 2.75) is 26.8 Å². The molecule has 1 fully saturated rings. The first-order valence-corrected chi connectivity index (χ1v) is 5.50. The van der Waals surface area contributed by atoms with Crippen LogP contribution in [0.1, 0.15) is 20.8 Å². The minimum atomic E-state index is 0.448. The molecule has 3 nitrogen and oxygen atoms in total. The number of hydrogen-bond acceptors (Lipinski definition) is 3. The molecular weight excluding hydrogens is 174 g/mol. The van der Waals surface area contributed by atoms with E-state index in [9.17, 15) is 0 Å². The van der Waals surface area contributed by atoms with Gasteiger partial charge in [0.25, 0.3) is 0 Å². The first kappa shape index (κ1) is 11.7. The van der Waals surface area contributed by atoms with Gasteiger partial charge in [-0.25, -0.2) is 0 Å². The van der Waals surface area contributed by atoms with Gasteiger partial charge in [0.2, 0.25) is 0 Å². The SMILES string of the molecule is CC(C)=NC(C)CN1CCN(C)CC1. The Labute approximate surface area is 87.8 Å². The van der Waals surface area contributed by atoms with Crippen LogP contribution in [0.2, 0.25) is 0 Å². The van der Waals surface area contributed by atoms with Crippen LogP contribution in [0.4, 0.5) is 0 Å². The molecule has 0 aromatic carbocycles. The van der Waals surface area contributed by atoms with Gasteiger partial charge >= 0.3 is 0 Å². The molecule has 1 unspecified atom stereocenters. The molecule has 3 heteroatoms. The van der Waals surface area contributed by atoms with Gasteiger partial charge in [-0.1, -0.05) is 0 Å². The Bertz CT molecular complexity index is 189. The van der Waals surface area contributed by atoms with E-state index in [-0.39, 0.29) is 0 Å². The molecule has 0 spiro atoms. The van der Waals surface area contributed by atoms with E-state index in [0.717, 1.165) is 6.54 Å². The van der Waals surface area contributed by atoms with E-state index in [1.807, 2.05) is 0 Å². The summed E-state index contributed by atoms with van der Waals surface area (Å²) in [4.78, 5) is 9.45. The minimum Gasteiger partial charge on any atom is -0.304 e. The first-order chi connectivity index (χ1) is 6.58.